The van der Waals surface area contributed by atoms with E-state index < -0.39 is 8.87 Å². The molecule has 0 rings (SSSR count). The Morgan fingerprint density at radius 3 is 2.40 bits per heavy atom. The molecule has 0 aromatic rings. The molecule has 0 fully saturated rings. The molecule has 0 aliphatic rings. The Bertz CT molecular complexity index is 176. The van der Waals surface area contributed by atoms with E-state index in [0.29, 0.717) is 12.3 Å². The van der Waals surface area contributed by atoms with Gasteiger partial charge in [-0.25, -0.2) is 8.42 Å². The monoisotopic (exact) mass is 183 g/mol. The van der Waals surface area contributed by atoms with Crippen LogP contribution in [0.2, 0.25) is 0 Å². The van der Waals surface area contributed by atoms with Crippen molar-refractivity contribution < 1.29 is 8.42 Å². The minimum atomic E-state index is -2.87. The topological polar surface area (TPSA) is 60.2 Å². The molecule has 0 saturated carbocycles. The van der Waals surface area contributed by atoms with Crippen molar-refractivity contribution in [2.24, 2.45) is 11.7 Å². The Morgan fingerprint density at radius 1 is 1.60 bits per heavy atom. The van der Waals surface area contributed by atoms with Crippen LogP contribution in [0.15, 0.2) is 0 Å². The average molecular weight is 183 g/mol. The molecule has 2 N–H and O–H groups in total. The quantitative estimate of drug-likeness (QED) is 0.636. The van der Waals surface area contributed by atoms with Gasteiger partial charge in [0.25, 0.3) is 0 Å². The van der Waals surface area contributed by atoms with E-state index in [9.17, 15) is 8.42 Å². The molecule has 5 heteroatoms. The molecule has 0 spiro atoms. The molecule has 1 atom stereocenters. The third-order valence-corrected chi connectivity index (χ3v) is 3.79. The van der Waals surface area contributed by atoms with Gasteiger partial charge in [0, 0.05) is 12.0 Å². The first kappa shape index (κ1) is 10.3. The summed E-state index contributed by atoms with van der Waals surface area (Å²) in [4.78, 5) is 0. The molecule has 0 heterocycles. The predicted molar refractivity (Wildman–Crippen MR) is 45.5 cm³/mol. The highest BCUT2D eigenvalue weighted by Gasteiger charge is 2.05. The van der Waals surface area contributed by atoms with Crippen LogP contribution in [0.5, 0.6) is 0 Å². The third-order valence-electron chi connectivity index (χ3n) is 0.969. The van der Waals surface area contributed by atoms with Gasteiger partial charge in [-0.1, -0.05) is 6.92 Å². The number of hydrogen-bond donors (Lipinski definition) is 1. The molecule has 0 bridgehead atoms. The molecule has 0 aliphatic heterocycles. The van der Waals surface area contributed by atoms with Crippen molar-refractivity contribution in [1.82, 2.24) is 0 Å². The van der Waals surface area contributed by atoms with Crippen LogP contribution >= 0.6 is 10.8 Å². The lowest BCUT2D eigenvalue weighted by atomic mass is 10.2. The van der Waals surface area contributed by atoms with Gasteiger partial charge in [0.1, 0.15) is 0 Å². The van der Waals surface area contributed by atoms with E-state index in [1.165, 1.54) is 6.26 Å². The fourth-order valence-corrected chi connectivity index (χ4v) is 2.36. The minimum absolute atomic E-state index is 0.278. The van der Waals surface area contributed by atoms with Gasteiger partial charge in [-0.15, -0.1) is 0 Å². The number of hydrogen-bond acceptors (Lipinski definition) is 4. The Labute approximate surface area is 65.7 Å². The van der Waals surface area contributed by atoms with Crippen molar-refractivity contribution in [2.45, 2.75) is 6.92 Å². The van der Waals surface area contributed by atoms with Crippen molar-refractivity contribution in [3.8, 4) is 0 Å². The largest absolute Gasteiger partial charge is 0.330 e. The van der Waals surface area contributed by atoms with Gasteiger partial charge >= 0.3 is 0 Å². The lowest BCUT2D eigenvalue weighted by Crippen LogP contribution is -2.13. The molecule has 1 unspecified atom stereocenters. The highest BCUT2D eigenvalue weighted by atomic mass is 33.1. The van der Waals surface area contributed by atoms with Gasteiger partial charge < -0.3 is 5.73 Å². The van der Waals surface area contributed by atoms with Gasteiger partial charge in [0.05, 0.1) is 0 Å². The predicted octanol–water partition coefficient (Wildman–Crippen LogP) is 0.274. The minimum Gasteiger partial charge on any atom is -0.330 e. The van der Waals surface area contributed by atoms with E-state index in [4.69, 9.17) is 5.73 Å². The zero-order chi connectivity index (χ0) is 8.20. The molecule has 0 aliphatic carbocycles. The summed E-state index contributed by atoms with van der Waals surface area (Å²) >= 11 is 0. The van der Waals surface area contributed by atoms with Gasteiger partial charge in [0.2, 0.25) is 0 Å². The summed E-state index contributed by atoms with van der Waals surface area (Å²) < 4.78 is 21.1. The van der Waals surface area contributed by atoms with E-state index in [1.54, 1.807) is 0 Å². The first-order chi connectivity index (χ1) is 4.45. The molecule has 0 amide bonds. The Morgan fingerprint density at radius 2 is 2.10 bits per heavy atom. The van der Waals surface area contributed by atoms with Gasteiger partial charge in [-0.05, 0) is 23.3 Å². The van der Waals surface area contributed by atoms with E-state index in [1.807, 2.05) is 6.92 Å². The smallest absolute Gasteiger partial charge is 0.198 e. The van der Waals surface area contributed by atoms with E-state index in [2.05, 4.69) is 0 Å². The highest BCUT2D eigenvalue weighted by Crippen LogP contribution is 2.13. The SMILES string of the molecule is CC(CN)CSS(C)(=O)=O. The van der Waals surface area contributed by atoms with Crippen molar-refractivity contribution in [3.63, 3.8) is 0 Å². The molecular formula is C5H13NO2S2. The second-order valence-corrected chi connectivity index (χ2v) is 6.83. The lowest BCUT2D eigenvalue weighted by molar-refractivity contribution is 0.614. The average Bonchev–Trinajstić information content (AvgIpc) is 1.81. The lowest BCUT2D eigenvalue weighted by Gasteiger charge is -2.04. The van der Waals surface area contributed by atoms with E-state index >= 15 is 0 Å². The number of rotatable bonds is 4. The van der Waals surface area contributed by atoms with Crippen LogP contribution in [-0.4, -0.2) is 27.0 Å². The van der Waals surface area contributed by atoms with Crippen molar-refractivity contribution >= 4 is 19.7 Å². The summed E-state index contributed by atoms with van der Waals surface area (Å²) in [6.45, 7) is 2.47. The Balaban J connectivity index is 3.56. The second kappa shape index (κ2) is 4.20. The molecule has 0 saturated heterocycles. The summed E-state index contributed by atoms with van der Waals surface area (Å²) in [6, 6.07) is 0. The summed E-state index contributed by atoms with van der Waals surface area (Å²) in [6.07, 6.45) is 1.21. The normalized spacial score (nSPS) is 15.1. The summed E-state index contributed by atoms with van der Waals surface area (Å²) in [5.41, 5.74) is 5.29. The Hall–Kier alpha value is 0.260. The molecule has 0 radical (unpaired) electrons. The molecule has 62 valence electrons. The first-order valence-corrected chi connectivity index (χ1v) is 6.39. The van der Waals surface area contributed by atoms with Gasteiger partial charge in [-0.2, -0.15) is 0 Å². The van der Waals surface area contributed by atoms with Crippen LogP contribution in [0.25, 0.3) is 0 Å². The van der Waals surface area contributed by atoms with Crippen LogP contribution in [0.1, 0.15) is 6.92 Å². The molecule has 10 heavy (non-hydrogen) atoms. The fourth-order valence-electron chi connectivity index (χ4n) is 0.308. The van der Waals surface area contributed by atoms with E-state index in [0.717, 1.165) is 10.8 Å². The van der Waals surface area contributed by atoms with Crippen LogP contribution in [-0.2, 0) is 8.87 Å². The fraction of sp³-hybridized carbons (Fsp3) is 1.00. The van der Waals surface area contributed by atoms with Crippen molar-refractivity contribution in [2.75, 3.05) is 18.6 Å². The summed E-state index contributed by atoms with van der Waals surface area (Å²) in [5, 5.41) is 0. The van der Waals surface area contributed by atoms with Crippen LogP contribution in [0.3, 0.4) is 0 Å². The third kappa shape index (κ3) is 6.38. The first-order valence-electron chi connectivity index (χ1n) is 3.00. The summed E-state index contributed by atoms with van der Waals surface area (Å²) in [7, 11) is -1.91. The van der Waals surface area contributed by atoms with Gasteiger partial charge in [0.15, 0.2) is 8.87 Å². The highest BCUT2D eigenvalue weighted by molar-refractivity contribution is 8.71. The van der Waals surface area contributed by atoms with Crippen LogP contribution in [0, 0.1) is 5.92 Å². The maximum Gasteiger partial charge on any atom is 0.198 e. The molecular weight excluding hydrogens is 170 g/mol. The maximum absolute atomic E-state index is 10.6. The van der Waals surface area contributed by atoms with Crippen molar-refractivity contribution in [3.05, 3.63) is 0 Å². The van der Waals surface area contributed by atoms with Crippen molar-refractivity contribution in [1.29, 1.82) is 0 Å². The summed E-state index contributed by atoms with van der Waals surface area (Å²) in [5.74, 6) is 0.870. The standard InChI is InChI=1S/C5H13NO2S2/c1-5(3-6)4-9-10(2,7)8/h5H,3-4,6H2,1-2H3. The second-order valence-electron chi connectivity index (χ2n) is 2.33. The van der Waals surface area contributed by atoms with E-state index in [-0.39, 0.29) is 5.92 Å². The molecule has 0 aromatic heterocycles. The zero-order valence-electron chi connectivity index (χ0n) is 6.20. The zero-order valence-corrected chi connectivity index (χ0v) is 7.83. The maximum atomic E-state index is 10.6. The molecule has 0 aromatic carbocycles. The number of nitrogens with two attached hydrogens (primary N) is 1. The van der Waals surface area contributed by atoms with Crippen LogP contribution in [0.4, 0.5) is 0 Å². The van der Waals surface area contributed by atoms with Gasteiger partial charge in [-0.3, -0.25) is 0 Å². The Kier molecular flexibility index (Phi) is 4.31. The van der Waals surface area contributed by atoms with Crippen LogP contribution < -0.4 is 5.73 Å². The molecule has 3 nitrogen and oxygen atoms in total.